The Kier molecular flexibility index (Phi) is 2.56. The summed E-state index contributed by atoms with van der Waals surface area (Å²) in [6.07, 6.45) is 0. The van der Waals surface area contributed by atoms with E-state index in [1.807, 2.05) is 0 Å². The minimum absolute atomic E-state index is 0.523. The molecule has 0 aromatic rings. The van der Waals surface area contributed by atoms with E-state index in [1.54, 1.807) is 0 Å². The highest BCUT2D eigenvalue weighted by Crippen LogP contribution is 2.73. The molecular weight excluding hydrogens is 184 g/mol. The van der Waals surface area contributed by atoms with Gasteiger partial charge < -0.3 is 0 Å². The lowest BCUT2D eigenvalue weighted by atomic mass is 10.2. The van der Waals surface area contributed by atoms with Crippen molar-refractivity contribution in [3.63, 3.8) is 0 Å². The topological polar surface area (TPSA) is 0 Å². The fourth-order valence-electron chi connectivity index (χ4n) is 3.64. The number of hydrogen-bond acceptors (Lipinski definition) is 0. The van der Waals surface area contributed by atoms with E-state index in [4.69, 9.17) is 0 Å². The first-order valence-corrected chi connectivity index (χ1v) is 7.98. The molecule has 0 bridgehead atoms. The summed E-state index contributed by atoms with van der Waals surface area (Å²) in [6.45, 7) is 21.0. The van der Waals surface area contributed by atoms with Gasteiger partial charge in [-0.15, -0.1) is 6.58 Å². The largest absolute Gasteiger partial charge is 0.100 e. The molecule has 1 heterocycles. The summed E-state index contributed by atoms with van der Waals surface area (Å²) < 4.78 is 0. The van der Waals surface area contributed by atoms with Crippen molar-refractivity contribution in [1.82, 2.24) is 0 Å². The summed E-state index contributed by atoms with van der Waals surface area (Å²) in [6, 6.07) is 1.47. The molecule has 14 heavy (non-hydrogen) atoms. The smallest absolute Gasteiger partial charge is 0.0715 e. The van der Waals surface area contributed by atoms with Gasteiger partial charge in [0.15, 0.2) is 0 Å². The molecular formula is C13H26Si. The van der Waals surface area contributed by atoms with Gasteiger partial charge in [0.25, 0.3) is 0 Å². The van der Waals surface area contributed by atoms with E-state index in [2.05, 4.69) is 55.0 Å². The van der Waals surface area contributed by atoms with Crippen molar-refractivity contribution in [2.24, 2.45) is 0 Å². The van der Waals surface area contributed by atoms with Crippen LogP contribution in [0.15, 0.2) is 12.2 Å². The van der Waals surface area contributed by atoms with Crippen LogP contribution in [0.25, 0.3) is 0 Å². The summed E-state index contributed by atoms with van der Waals surface area (Å²) in [7, 11) is -1.15. The molecule has 0 N–H and O–H groups in total. The quantitative estimate of drug-likeness (QED) is 0.422. The summed E-state index contributed by atoms with van der Waals surface area (Å²) in [5, 5.41) is 1.05. The van der Waals surface area contributed by atoms with Gasteiger partial charge in [0.1, 0.15) is 0 Å². The Morgan fingerprint density at radius 2 is 1.43 bits per heavy atom. The molecule has 0 saturated carbocycles. The van der Waals surface area contributed by atoms with Gasteiger partial charge in [-0.3, -0.25) is 0 Å². The zero-order valence-corrected chi connectivity index (χ0v) is 12.0. The molecule has 0 aliphatic carbocycles. The summed E-state index contributed by atoms with van der Waals surface area (Å²) in [4.78, 5) is 0. The molecule has 0 nitrogen and oxygen atoms in total. The molecule has 0 aromatic heterocycles. The van der Waals surface area contributed by atoms with Gasteiger partial charge in [0.05, 0.1) is 8.07 Å². The van der Waals surface area contributed by atoms with Crippen LogP contribution in [0.5, 0.6) is 0 Å². The van der Waals surface area contributed by atoms with E-state index < -0.39 is 8.07 Å². The van der Waals surface area contributed by atoms with Crippen molar-refractivity contribution in [3.8, 4) is 0 Å². The average Bonchev–Trinajstić information content (AvgIpc) is 2.54. The molecule has 0 radical (unpaired) electrons. The number of allylic oxidation sites excluding steroid dienone is 1. The lowest BCUT2D eigenvalue weighted by Gasteiger charge is -2.41. The van der Waals surface area contributed by atoms with Gasteiger partial charge in [0, 0.05) is 0 Å². The van der Waals surface area contributed by atoms with E-state index in [0.29, 0.717) is 10.1 Å². The van der Waals surface area contributed by atoms with Gasteiger partial charge in [-0.1, -0.05) is 53.2 Å². The molecule has 1 aliphatic rings. The minimum atomic E-state index is -1.15. The fraction of sp³-hybridized carbons (Fsp3) is 0.846. The highest BCUT2D eigenvalue weighted by atomic mass is 28.3. The molecule has 0 amide bonds. The van der Waals surface area contributed by atoms with Crippen molar-refractivity contribution >= 4 is 8.07 Å². The Morgan fingerprint density at radius 3 is 1.50 bits per heavy atom. The highest BCUT2D eigenvalue weighted by Gasteiger charge is 2.68. The normalized spacial score (nSPS) is 26.1. The maximum absolute atomic E-state index is 4.17. The summed E-state index contributed by atoms with van der Waals surface area (Å²) in [5.74, 6) is 0. The Bertz CT molecular complexity index is 235. The standard InChI is InChI=1S/C13H26Si/c1-10(2)11-9-14(11,12(3,4)5)13(6,7)8/h11H,1,9H2,2-8H3. The molecule has 1 rings (SSSR count). The monoisotopic (exact) mass is 210 g/mol. The number of rotatable bonds is 1. The fourth-order valence-corrected chi connectivity index (χ4v) is 11.5. The molecule has 82 valence electrons. The second-order valence-electron chi connectivity index (χ2n) is 7.07. The van der Waals surface area contributed by atoms with E-state index in [0.717, 1.165) is 5.54 Å². The van der Waals surface area contributed by atoms with Crippen LogP contribution in [0, 0.1) is 0 Å². The zero-order valence-electron chi connectivity index (χ0n) is 11.0. The first-order valence-electron chi connectivity index (χ1n) is 5.69. The Balaban J connectivity index is 3.05. The van der Waals surface area contributed by atoms with E-state index in [-0.39, 0.29) is 0 Å². The van der Waals surface area contributed by atoms with Crippen molar-refractivity contribution in [2.45, 2.75) is 70.1 Å². The van der Waals surface area contributed by atoms with Gasteiger partial charge >= 0.3 is 0 Å². The van der Waals surface area contributed by atoms with Gasteiger partial charge in [-0.25, -0.2) is 0 Å². The van der Waals surface area contributed by atoms with Gasteiger partial charge in [-0.2, -0.15) is 0 Å². The maximum Gasteiger partial charge on any atom is 0.0715 e. The van der Waals surface area contributed by atoms with Gasteiger partial charge in [-0.05, 0) is 22.5 Å². The van der Waals surface area contributed by atoms with Crippen molar-refractivity contribution in [2.75, 3.05) is 0 Å². The van der Waals surface area contributed by atoms with Crippen molar-refractivity contribution in [3.05, 3.63) is 12.2 Å². The first-order chi connectivity index (χ1) is 6.04. The van der Waals surface area contributed by atoms with Crippen LogP contribution in [0.1, 0.15) is 48.5 Å². The van der Waals surface area contributed by atoms with Crippen LogP contribution in [-0.2, 0) is 0 Å². The Morgan fingerprint density at radius 1 is 1.07 bits per heavy atom. The predicted molar refractivity (Wildman–Crippen MR) is 68.6 cm³/mol. The molecule has 1 unspecified atom stereocenters. The van der Waals surface area contributed by atoms with E-state index in [9.17, 15) is 0 Å². The number of hydrogen-bond donors (Lipinski definition) is 0. The van der Waals surface area contributed by atoms with Crippen molar-refractivity contribution in [1.29, 1.82) is 0 Å². The molecule has 1 aliphatic heterocycles. The third-order valence-electron chi connectivity index (χ3n) is 4.23. The lowest BCUT2D eigenvalue weighted by Crippen LogP contribution is -2.39. The first kappa shape index (κ1) is 12.0. The van der Waals surface area contributed by atoms with E-state index >= 15 is 0 Å². The van der Waals surface area contributed by atoms with E-state index in [1.165, 1.54) is 11.6 Å². The highest BCUT2D eigenvalue weighted by molar-refractivity contribution is 6.96. The zero-order chi connectivity index (χ0) is 11.4. The summed E-state index contributed by atoms with van der Waals surface area (Å²) >= 11 is 0. The Labute approximate surface area is 90.8 Å². The lowest BCUT2D eigenvalue weighted by molar-refractivity contribution is 0.635. The molecule has 0 aromatic carbocycles. The van der Waals surface area contributed by atoms with Crippen LogP contribution >= 0.6 is 0 Å². The van der Waals surface area contributed by atoms with Crippen LogP contribution in [0.2, 0.25) is 21.7 Å². The molecule has 1 fully saturated rings. The van der Waals surface area contributed by atoms with Gasteiger partial charge in [0.2, 0.25) is 0 Å². The van der Waals surface area contributed by atoms with Crippen LogP contribution in [0.4, 0.5) is 0 Å². The molecule has 1 heteroatoms. The van der Waals surface area contributed by atoms with Crippen LogP contribution in [-0.4, -0.2) is 8.07 Å². The van der Waals surface area contributed by atoms with Crippen molar-refractivity contribution < 1.29 is 0 Å². The second-order valence-corrected chi connectivity index (χ2v) is 13.1. The minimum Gasteiger partial charge on any atom is -0.100 e. The SMILES string of the molecule is C=C(C)C1C[Si]1(C(C)(C)C)C(C)(C)C. The molecule has 0 spiro atoms. The third kappa shape index (κ3) is 1.50. The molecule has 1 atom stereocenters. The predicted octanol–water partition coefficient (Wildman–Crippen LogP) is 5.00. The summed E-state index contributed by atoms with van der Waals surface area (Å²) in [5.41, 5.74) is 2.31. The second kappa shape index (κ2) is 2.97. The van der Waals surface area contributed by atoms with Crippen LogP contribution in [0.3, 0.4) is 0 Å². The maximum atomic E-state index is 4.17. The van der Waals surface area contributed by atoms with Crippen LogP contribution < -0.4 is 0 Å². The average molecular weight is 210 g/mol. The molecule has 1 saturated heterocycles. The Hall–Kier alpha value is -0.0431. The third-order valence-corrected chi connectivity index (χ3v) is 12.0.